The number of aromatic nitrogens is 3. The van der Waals surface area contributed by atoms with Crippen LogP contribution in [0.15, 0.2) is 40.6 Å². The van der Waals surface area contributed by atoms with E-state index in [4.69, 9.17) is 9.57 Å². The zero-order valence-corrected chi connectivity index (χ0v) is 16.6. The highest BCUT2D eigenvalue weighted by Crippen LogP contribution is 2.29. The first-order valence-electron chi connectivity index (χ1n) is 9.46. The molecule has 0 spiro atoms. The summed E-state index contributed by atoms with van der Waals surface area (Å²) in [5, 5.41) is 13.6. The van der Waals surface area contributed by atoms with Crippen molar-refractivity contribution in [2.24, 2.45) is 5.16 Å². The van der Waals surface area contributed by atoms with Gasteiger partial charge < -0.3 is 14.5 Å². The zero-order chi connectivity index (χ0) is 19.3. The van der Waals surface area contributed by atoms with E-state index in [2.05, 4.69) is 37.0 Å². The Balaban J connectivity index is 1.51. The lowest BCUT2D eigenvalue weighted by Gasteiger charge is -2.27. The number of hydrogen-bond donors (Lipinski definition) is 0. The normalized spacial score (nSPS) is 19.2. The lowest BCUT2D eigenvalue weighted by Crippen LogP contribution is -2.31. The van der Waals surface area contributed by atoms with Gasteiger partial charge in [-0.2, -0.15) is 0 Å². The number of benzene rings is 1. The van der Waals surface area contributed by atoms with Gasteiger partial charge in [0, 0.05) is 25.3 Å². The van der Waals surface area contributed by atoms with Crippen LogP contribution in [-0.4, -0.2) is 58.5 Å². The lowest BCUT2D eigenvalue weighted by molar-refractivity contribution is -0.132. The van der Waals surface area contributed by atoms with Gasteiger partial charge in [0.25, 0.3) is 0 Å². The van der Waals surface area contributed by atoms with Gasteiger partial charge in [-0.1, -0.05) is 35.1 Å². The number of hydrogen-bond acceptors (Lipinski definition) is 8. The predicted molar refractivity (Wildman–Crippen MR) is 107 cm³/mol. The molecule has 1 aromatic heterocycles. The Hall–Kier alpha value is -2.55. The maximum Gasteiger partial charge on any atom is 0.355 e. The van der Waals surface area contributed by atoms with Crippen molar-refractivity contribution in [1.29, 1.82) is 0 Å². The highest BCUT2D eigenvalue weighted by atomic mass is 32.2. The quantitative estimate of drug-likeness (QED) is 0.544. The molecule has 0 amide bonds. The van der Waals surface area contributed by atoms with Crippen LogP contribution in [0.5, 0.6) is 0 Å². The smallest absolute Gasteiger partial charge is 0.355 e. The van der Waals surface area contributed by atoms with Crippen LogP contribution in [0.3, 0.4) is 0 Å². The van der Waals surface area contributed by atoms with E-state index >= 15 is 0 Å². The van der Waals surface area contributed by atoms with E-state index < -0.39 is 5.97 Å². The van der Waals surface area contributed by atoms with Crippen LogP contribution in [0.25, 0.3) is 5.69 Å². The number of nitrogens with zero attached hydrogens (tertiary/aromatic N) is 5. The second kappa shape index (κ2) is 8.64. The van der Waals surface area contributed by atoms with E-state index in [0.717, 1.165) is 29.9 Å². The highest BCUT2D eigenvalue weighted by Gasteiger charge is 2.28. The van der Waals surface area contributed by atoms with E-state index in [1.165, 1.54) is 26.4 Å². The van der Waals surface area contributed by atoms with E-state index in [1.54, 1.807) is 11.8 Å². The maximum atomic E-state index is 11.6. The van der Waals surface area contributed by atoms with Crippen LogP contribution in [0.1, 0.15) is 25.7 Å². The van der Waals surface area contributed by atoms with E-state index in [0.29, 0.717) is 17.9 Å². The Labute approximate surface area is 167 Å². The fourth-order valence-corrected chi connectivity index (χ4v) is 4.31. The summed E-state index contributed by atoms with van der Waals surface area (Å²) in [6.07, 6.45) is 3.87. The molecule has 2 aliphatic heterocycles. The monoisotopic (exact) mass is 401 g/mol. The topological polar surface area (TPSA) is 81.8 Å². The van der Waals surface area contributed by atoms with Crippen molar-refractivity contribution >= 4 is 29.4 Å². The summed E-state index contributed by atoms with van der Waals surface area (Å²) < 4.78 is 6.81. The Morgan fingerprint density at radius 3 is 2.75 bits per heavy atom. The first-order valence-corrected chi connectivity index (χ1v) is 10.4. The first-order chi connectivity index (χ1) is 13.8. The second-order valence-corrected chi connectivity index (χ2v) is 7.76. The largest absolute Gasteiger partial charge is 0.464 e. The molecule has 0 N–H and O–H groups in total. The number of anilines is 1. The molecule has 0 unspecified atom stereocenters. The maximum absolute atomic E-state index is 11.6. The van der Waals surface area contributed by atoms with Gasteiger partial charge in [0.15, 0.2) is 10.9 Å². The van der Waals surface area contributed by atoms with E-state index in [9.17, 15) is 4.79 Å². The van der Waals surface area contributed by atoms with Gasteiger partial charge in [0.2, 0.25) is 5.95 Å². The van der Waals surface area contributed by atoms with Crippen molar-refractivity contribution < 1.29 is 14.4 Å². The van der Waals surface area contributed by atoms with Crippen LogP contribution in [-0.2, 0) is 14.4 Å². The number of esters is 1. The van der Waals surface area contributed by atoms with Crippen molar-refractivity contribution in [2.45, 2.75) is 36.9 Å². The molecule has 0 aliphatic carbocycles. The van der Waals surface area contributed by atoms with Gasteiger partial charge in [0.1, 0.15) is 6.10 Å². The van der Waals surface area contributed by atoms with Gasteiger partial charge in [-0.25, -0.2) is 4.79 Å². The number of thioether (sulfide) groups is 1. The molecule has 8 nitrogen and oxygen atoms in total. The predicted octanol–water partition coefficient (Wildman–Crippen LogP) is 2.67. The minimum atomic E-state index is -0.438. The molecule has 2 aliphatic rings. The second-order valence-electron chi connectivity index (χ2n) is 6.77. The van der Waals surface area contributed by atoms with Gasteiger partial charge in [0.05, 0.1) is 12.8 Å². The molecule has 28 heavy (non-hydrogen) atoms. The number of carbonyl (C=O) groups excluding carboxylic acids is 1. The Morgan fingerprint density at radius 1 is 1.21 bits per heavy atom. The summed E-state index contributed by atoms with van der Waals surface area (Å²) in [5.41, 5.74) is 1.36. The van der Waals surface area contributed by atoms with E-state index in [-0.39, 0.29) is 6.10 Å². The molecule has 0 bridgehead atoms. The molecule has 1 fully saturated rings. The average molecular weight is 401 g/mol. The summed E-state index contributed by atoms with van der Waals surface area (Å²) in [6.45, 7) is 2.00. The van der Waals surface area contributed by atoms with Crippen LogP contribution in [0.4, 0.5) is 5.95 Å². The molecule has 1 atom stereocenters. The SMILES string of the molecule is COC(=O)C1=NO[C@@H](CSc2nnc(N3CCCCC3)n2-c2ccccc2)C1. The Kier molecular flexibility index (Phi) is 5.80. The zero-order valence-electron chi connectivity index (χ0n) is 15.8. The summed E-state index contributed by atoms with van der Waals surface area (Å²) in [4.78, 5) is 19.3. The van der Waals surface area contributed by atoms with Crippen molar-refractivity contribution in [3.8, 4) is 5.69 Å². The average Bonchev–Trinajstić information content (AvgIpc) is 3.40. The number of piperidine rings is 1. The molecule has 2 aromatic rings. The molecule has 0 saturated carbocycles. The van der Waals surface area contributed by atoms with E-state index in [1.807, 2.05) is 18.2 Å². The molecule has 9 heteroatoms. The van der Waals surface area contributed by atoms with Crippen LogP contribution < -0.4 is 4.90 Å². The van der Waals surface area contributed by atoms with Crippen molar-refractivity contribution in [3.63, 3.8) is 0 Å². The summed E-state index contributed by atoms with van der Waals surface area (Å²) in [5.74, 6) is 1.06. The number of ether oxygens (including phenoxy) is 1. The standard InChI is InChI=1S/C19H23N5O3S/c1-26-17(25)16-12-15(27-22-16)13-28-19-21-20-18(23-10-6-3-7-11-23)24(19)14-8-4-2-5-9-14/h2,4-5,8-9,15H,3,6-7,10-13H2,1H3/t15-/m1/s1. The van der Waals surface area contributed by atoms with Crippen LogP contribution >= 0.6 is 11.8 Å². The highest BCUT2D eigenvalue weighted by molar-refractivity contribution is 7.99. The molecule has 1 aromatic carbocycles. The molecular formula is C19H23N5O3S. The van der Waals surface area contributed by atoms with Gasteiger partial charge in [-0.3, -0.25) is 4.57 Å². The molecule has 1 saturated heterocycles. The third kappa shape index (κ3) is 3.99. The Morgan fingerprint density at radius 2 is 2.00 bits per heavy atom. The number of carbonyl (C=O) groups is 1. The van der Waals surface area contributed by atoms with Gasteiger partial charge >= 0.3 is 5.97 Å². The molecule has 148 valence electrons. The van der Waals surface area contributed by atoms with Crippen LogP contribution in [0.2, 0.25) is 0 Å². The van der Waals surface area contributed by atoms with Crippen molar-refractivity contribution in [2.75, 3.05) is 30.9 Å². The van der Waals surface area contributed by atoms with Gasteiger partial charge in [-0.15, -0.1) is 10.2 Å². The Bertz CT molecular complexity index is 849. The number of oxime groups is 1. The molecule has 3 heterocycles. The minimum Gasteiger partial charge on any atom is -0.464 e. The molecular weight excluding hydrogens is 378 g/mol. The van der Waals surface area contributed by atoms with Crippen LogP contribution in [0, 0.1) is 0 Å². The number of methoxy groups -OCH3 is 1. The summed E-state index contributed by atoms with van der Waals surface area (Å²) >= 11 is 1.56. The molecule has 0 radical (unpaired) electrons. The summed E-state index contributed by atoms with van der Waals surface area (Å²) in [6, 6.07) is 10.1. The minimum absolute atomic E-state index is 0.182. The molecule has 4 rings (SSSR count). The fourth-order valence-electron chi connectivity index (χ4n) is 3.38. The number of rotatable bonds is 6. The third-order valence-electron chi connectivity index (χ3n) is 4.82. The lowest BCUT2D eigenvalue weighted by atomic mass is 10.1. The third-order valence-corrected chi connectivity index (χ3v) is 5.88. The number of para-hydroxylation sites is 1. The first kappa shape index (κ1) is 18.8. The van der Waals surface area contributed by atoms with Crippen molar-refractivity contribution in [3.05, 3.63) is 30.3 Å². The summed E-state index contributed by atoms with van der Waals surface area (Å²) in [7, 11) is 1.34. The van der Waals surface area contributed by atoms with Gasteiger partial charge in [-0.05, 0) is 31.4 Å². The fraction of sp³-hybridized carbons (Fsp3) is 0.474. The van der Waals surface area contributed by atoms with Crippen molar-refractivity contribution in [1.82, 2.24) is 14.8 Å².